The standard InChI is InChI=1S/C22H18Cl2N2O3S/c1-13-19(21(28)29-12-14-5-3-2-4-6-14)20(16-8-7-15(23)11-17(16)24)26-18(27)9-10-30-22(26)25-13/h2-8,11,20H,9-10,12H2,1H3/t20-/m1/s1. The summed E-state index contributed by atoms with van der Waals surface area (Å²) in [6.45, 7) is 1.87. The second kappa shape index (κ2) is 8.84. The number of halogens is 2. The number of hydrogen-bond donors (Lipinski definition) is 0. The maximum atomic E-state index is 13.2. The number of rotatable bonds is 4. The highest BCUT2D eigenvalue weighted by Crippen LogP contribution is 2.43. The van der Waals surface area contributed by atoms with Crippen molar-refractivity contribution in [2.45, 2.75) is 26.0 Å². The van der Waals surface area contributed by atoms with Crippen LogP contribution in [0.4, 0.5) is 0 Å². The molecule has 1 atom stereocenters. The first kappa shape index (κ1) is 21.0. The lowest BCUT2D eigenvalue weighted by Gasteiger charge is -2.39. The summed E-state index contributed by atoms with van der Waals surface area (Å²) in [5, 5.41) is 1.42. The minimum Gasteiger partial charge on any atom is -0.457 e. The van der Waals surface area contributed by atoms with Crippen molar-refractivity contribution in [3.8, 4) is 0 Å². The minimum atomic E-state index is -0.717. The van der Waals surface area contributed by atoms with Crippen LogP contribution in [0.2, 0.25) is 10.0 Å². The fraction of sp³-hybridized carbons (Fsp3) is 0.227. The molecule has 2 aliphatic heterocycles. The van der Waals surface area contributed by atoms with E-state index in [-0.39, 0.29) is 12.5 Å². The van der Waals surface area contributed by atoms with Crippen LogP contribution in [0.15, 0.2) is 64.8 Å². The molecule has 0 unspecified atom stereocenters. The van der Waals surface area contributed by atoms with Gasteiger partial charge in [-0.2, -0.15) is 0 Å². The number of aliphatic imine (C=N–C) groups is 1. The van der Waals surface area contributed by atoms with E-state index in [0.29, 0.717) is 44.2 Å². The number of allylic oxidation sites excluding steroid dienone is 1. The van der Waals surface area contributed by atoms with Gasteiger partial charge in [-0.05, 0) is 30.2 Å². The summed E-state index contributed by atoms with van der Waals surface area (Å²) < 4.78 is 5.59. The number of ether oxygens (including phenoxy) is 1. The van der Waals surface area contributed by atoms with E-state index >= 15 is 0 Å². The Hall–Kier alpha value is -2.28. The molecule has 1 fully saturated rings. The van der Waals surface area contributed by atoms with Crippen LogP contribution in [-0.2, 0) is 20.9 Å². The molecule has 5 nitrogen and oxygen atoms in total. The van der Waals surface area contributed by atoms with Gasteiger partial charge >= 0.3 is 5.97 Å². The van der Waals surface area contributed by atoms with Gasteiger partial charge in [0.05, 0.1) is 17.3 Å². The molecule has 0 aromatic heterocycles. The zero-order valence-corrected chi connectivity index (χ0v) is 18.4. The average Bonchev–Trinajstić information content (AvgIpc) is 2.72. The van der Waals surface area contributed by atoms with Crippen molar-refractivity contribution in [1.82, 2.24) is 4.90 Å². The smallest absolute Gasteiger partial charge is 0.338 e. The lowest BCUT2D eigenvalue weighted by molar-refractivity contribution is -0.141. The van der Waals surface area contributed by atoms with E-state index in [1.807, 2.05) is 30.3 Å². The first-order valence-electron chi connectivity index (χ1n) is 9.36. The molecule has 4 rings (SSSR count). The third kappa shape index (κ3) is 4.13. The van der Waals surface area contributed by atoms with Crippen LogP contribution >= 0.6 is 35.0 Å². The zero-order valence-electron chi connectivity index (χ0n) is 16.1. The molecule has 30 heavy (non-hydrogen) atoms. The Morgan fingerprint density at radius 2 is 2.00 bits per heavy atom. The fourth-order valence-corrected chi connectivity index (χ4v) is 4.99. The SMILES string of the molecule is CC1=C(C(=O)OCc2ccccc2)[C@@H](c2ccc(Cl)cc2Cl)N2C(=O)CCSC2=N1. The molecule has 1 saturated heterocycles. The van der Waals surface area contributed by atoms with Crippen LogP contribution in [0.1, 0.15) is 30.5 Å². The molecule has 0 aliphatic carbocycles. The lowest BCUT2D eigenvalue weighted by Crippen LogP contribution is -2.46. The first-order valence-corrected chi connectivity index (χ1v) is 11.1. The Morgan fingerprint density at radius 1 is 1.23 bits per heavy atom. The summed E-state index contributed by atoms with van der Waals surface area (Å²) >= 11 is 14.0. The molecular formula is C22H18Cl2N2O3S. The topological polar surface area (TPSA) is 59.0 Å². The van der Waals surface area contributed by atoms with Gasteiger partial charge in [0.25, 0.3) is 0 Å². The van der Waals surface area contributed by atoms with E-state index in [0.717, 1.165) is 5.56 Å². The quantitative estimate of drug-likeness (QED) is 0.574. The second-order valence-electron chi connectivity index (χ2n) is 6.89. The molecule has 2 aromatic carbocycles. The number of hydrogen-bond acceptors (Lipinski definition) is 5. The summed E-state index contributed by atoms with van der Waals surface area (Å²) in [5.41, 5.74) is 2.29. The highest BCUT2D eigenvalue weighted by molar-refractivity contribution is 8.14. The van der Waals surface area contributed by atoms with Crippen molar-refractivity contribution in [3.05, 3.63) is 81.0 Å². The number of nitrogens with zero attached hydrogens (tertiary/aromatic N) is 2. The number of thioether (sulfide) groups is 1. The summed E-state index contributed by atoms with van der Waals surface area (Å²) in [7, 11) is 0. The van der Waals surface area contributed by atoms with Gasteiger partial charge in [-0.3, -0.25) is 9.69 Å². The summed E-state index contributed by atoms with van der Waals surface area (Å²) in [6, 6.07) is 13.7. The van der Waals surface area contributed by atoms with Crippen LogP contribution < -0.4 is 0 Å². The van der Waals surface area contributed by atoms with Crippen molar-refractivity contribution in [1.29, 1.82) is 0 Å². The van der Waals surface area contributed by atoms with Gasteiger partial charge in [-0.15, -0.1) is 0 Å². The summed E-state index contributed by atoms with van der Waals surface area (Å²) in [5.74, 6) is 0.0129. The van der Waals surface area contributed by atoms with E-state index in [1.165, 1.54) is 11.8 Å². The molecule has 1 amide bonds. The Labute approximate surface area is 188 Å². The number of fused-ring (bicyclic) bond motifs is 1. The first-order chi connectivity index (χ1) is 14.5. The van der Waals surface area contributed by atoms with E-state index < -0.39 is 12.0 Å². The van der Waals surface area contributed by atoms with Crippen molar-refractivity contribution < 1.29 is 14.3 Å². The Kier molecular flexibility index (Phi) is 6.18. The normalized spacial score (nSPS) is 18.8. The summed E-state index contributed by atoms with van der Waals surface area (Å²) in [6.07, 6.45) is 0.358. The second-order valence-corrected chi connectivity index (χ2v) is 8.79. The monoisotopic (exact) mass is 460 g/mol. The molecular weight excluding hydrogens is 443 g/mol. The van der Waals surface area contributed by atoms with Gasteiger partial charge in [0.2, 0.25) is 5.91 Å². The number of amides is 1. The van der Waals surface area contributed by atoms with Crippen LogP contribution in [-0.4, -0.2) is 27.7 Å². The average molecular weight is 461 g/mol. The minimum absolute atomic E-state index is 0.107. The molecule has 2 aromatic rings. The molecule has 8 heteroatoms. The third-order valence-electron chi connectivity index (χ3n) is 4.90. The van der Waals surface area contributed by atoms with Crippen LogP contribution in [0.3, 0.4) is 0 Å². The third-order valence-corrected chi connectivity index (χ3v) is 6.41. The van der Waals surface area contributed by atoms with Gasteiger partial charge in [0.15, 0.2) is 5.17 Å². The largest absolute Gasteiger partial charge is 0.457 e. The number of amidine groups is 1. The predicted octanol–water partition coefficient (Wildman–Crippen LogP) is 5.39. The number of benzene rings is 2. The maximum absolute atomic E-state index is 13.2. The highest BCUT2D eigenvalue weighted by Gasteiger charge is 2.42. The zero-order chi connectivity index (χ0) is 21.3. The Morgan fingerprint density at radius 3 is 2.73 bits per heavy atom. The summed E-state index contributed by atoms with van der Waals surface area (Å²) in [4.78, 5) is 32.1. The lowest BCUT2D eigenvalue weighted by atomic mass is 9.94. The molecule has 154 valence electrons. The van der Waals surface area contributed by atoms with E-state index in [2.05, 4.69) is 4.99 Å². The molecule has 2 aliphatic rings. The van der Waals surface area contributed by atoms with Gasteiger partial charge in [-0.1, -0.05) is 71.4 Å². The Bertz CT molecular complexity index is 1070. The Balaban J connectivity index is 1.75. The maximum Gasteiger partial charge on any atom is 0.338 e. The number of carbonyl (C=O) groups excluding carboxylic acids is 2. The van der Waals surface area contributed by atoms with Gasteiger partial charge < -0.3 is 4.74 Å². The fourth-order valence-electron chi connectivity index (χ4n) is 3.48. The number of carbonyl (C=O) groups is 2. The molecule has 0 bridgehead atoms. The van der Waals surface area contributed by atoms with Gasteiger partial charge in [0.1, 0.15) is 6.61 Å². The van der Waals surface area contributed by atoms with E-state index in [4.69, 9.17) is 27.9 Å². The van der Waals surface area contributed by atoms with E-state index in [9.17, 15) is 9.59 Å². The molecule has 0 saturated carbocycles. The van der Waals surface area contributed by atoms with Crippen molar-refractivity contribution >= 4 is 52.0 Å². The highest BCUT2D eigenvalue weighted by atomic mass is 35.5. The van der Waals surface area contributed by atoms with Crippen LogP contribution in [0, 0.1) is 0 Å². The molecule has 2 heterocycles. The number of esters is 1. The van der Waals surface area contributed by atoms with Crippen LogP contribution in [0.5, 0.6) is 0 Å². The van der Waals surface area contributed by atoms with Crippen LogP contribution in [0.25, 0.3) is 0 Å². The molecule has 0 spiro atoms. The van der Waals surface area contributed by atoms with Gasteiger partial charge in [0, 0.05) is 22.2 Å². The molecule has 0 N–H and O–H groups in total. The molecule has 0 radical (unpaired) electrons. The van der Waals surface area contributed by atoms with Gasteiger partial charge in [-0.25, -0.2) is 9.79 Å². The van der Waals surface area contributed by atoms with Crippen molar-refractivity contribution in [2.24, 2.45) is 4.99 Å². The van der Waals surface area contributed by atoms with E-state index in [1.54, 1.807) is 30.0 Å². The van der Waals surface area contributed by atoms with Crippen molar-refractivity contribution in [3.63, 3.8) is 0 Å². The van der Waals surface area contributed by atoms with Crippen molar-refractivity contribution in [2.75, 3.05) is 5.75 Å². The predicted molar refractivity (Wildman–Crippen MR) is 119 cm³/mol.